The Morgan fingerprint density at radius 1 is 1.19 bits per heavy atom. The minimum atomic E-state index is -1.07. The van der Waals surface area contributed by atoms with Crippen molar-refractivity contribution in [1.29, 1.82) is 0 Å². The number of hydrogen-bond acceptors (Lipinski definition) is 6. The molecule has 2 N–H and O–H groups in total. The van der Waals surface area contributed by atoms with Crippen molar-refractivity contribution < 1.29 is 33.0 Å². The number of nitrogens with zero attached hydrogens (tertiary/aromatic N) is 1. The number of ether oxygens (including phenoxy) is 2. The van der Waals surface area contributed by atoms with E-state index in [-0.39, 0.29) is 30.4 Å². The molecule has 2 rings (SSSR count). The fourth-order valence-electron chi connectivity index (χ4n) is 2.91. The number of hydrogen-bond donors (Lipinski definition) is 2. The first kappa shape index (κ1) is 24.4. The van der Waals surface area contributed by atoms with E-state index in [1.54, 1.807) is 27.7 Å². The Kier molecular flexibility index (Phi) is 7.83. The highest BCUT2D eigenvalue weighted by Crippen LogP contribution is 2.22. The molecule has 1 aromatic rings. The average Bonchev–Trinajstić information content (AvgIpc) is 3.07. The highest BCUT2D eigenvalue weighted by atomic mass is 35.5. The molecular formula is C20H25ClFN3O6. The molecule has 1 aromatic carbocycles. The average molecular weight is 458 g/mol. The smallest absolute Gasteiger partial charge is 0.410 e. The van der Waals surface area contributed by atoms with Gasteiger partial charge >= 0.3 is 23.9 Å². The number of carbonyl (C=O) groups excluding carboxylic acids is 4. The zero-order valence-corrected chi connectivity index (χ0v) is 18.4. The second-order valence-corrected chi connectivity index (χ2v) is 8.31. The summed E-state index contributed by atoms with van der Waals surface area (Å²) in [5, 5.41) is 4.56. The number of nitrogens with one attached hydrogen (secondary N) is 2. The number of rotatable bonds is 4. The molecule has 1 heterocycles. The normalized spacial score (nSPS) is 18.3. The third-order valence-electron chi connectivity index (χ3n) is 4.26. The molecule has 0 aliphatic carbocycles. The molecule has 31 heavy (non-hydrogen) atoms. The van der Waals surface area contributed by atoms with Crippen molar-refractivity contribution in [1.82, 2.24) is 10.2 Å². The predicted molar refractivity (Wildman–Crippen MR) is 110 cm³/mol. The molecule has 1 fully saturated rings. The van der Waals surface area contributed by atoms with Gasteiger partial charge in [-0.15, -0.1) is 0 Å². The molecule has 0 aromatic heterocycles. The number of esters is 1. The topological polar surface area (TPSA) is 114 Å². The van der Waals surface area contributed by atoms with Crippen molar-refractivity contribution in [3.05, 3.63) is 29.0 Å². The third-order valence-corrected chi connectivity index (χ3v) is 4.57. The van der Waals surface area contributed by atoms with Crippen LogP contribution in [0.3, 0.4) is 0 Å². The van der Waals surface area contributed by atoms with Crippen LogP contribution in [0.1, 0.15) is 27.7 Å². The first-order valence-electron chi connectivity index (χ1n) is 9.62. The maximum Gasteiger partial charge on any atom is 0.410 e. The van der Waals surface area contributed by atoms with Crippen molar-refractivity contribution in [3.63, 3.8) is 0 Å². The quantitative estimate of drug-likeness (QED) is 0.530. The van der Waals surface area contributed by atoms with E-state index >= 15 is 0 Å². The lowest BCUT2D eigenvalue weighted by Gasteiger charge is -2.24. The van der Waals surface area contributed by atoms with Crippen molar-refractivity contribution >= 4 is 41.2 Å². The Hall–Kier alpha value is -2.88. The van der Waals surface area contributed by atoms with E-state index in [0.29, 0.717) is 0 Å². The first-order valence-corrected chi connectivity index (χ1v) is 10.0. The van der Waals surface area contributed by atoms with Crippen molar-refractivity contribution in [2.24, 2.45) is 5.92 Å². The second kappa shape index (κ2) is 9.95. The summed E-state index contributed by atoms with van der Waals surface area (Å²) < 4.78 is 23.9. The number of halogens is 2. The highest BCUT2D eigenvalue weighted by molar-refractivity contribution is 6.39. The Morgan fingerprint density at radius 3 is 2.45 bits per heavy atom. The molecule has 0 bridgehead atoms. The van der Waals surface area contributed by atoms with E-state index in [1.807, 2.05) is 0 Å². The fraction of sp³-hybridized carbons (Fsp3) is 0.500. The van der Waals surface area contributed by atoms with Crippen LogP contribution in [0.25, 0.3) is 0 Å². The molecule has 0 saturated carbocycles. The van der Waals surface area contributed by atoms with Crippen LogP contribution in [0, 0.1) is 11.7 Å². The zero-order chi connectivity index (χ0) is 23.3. The minimum Gasteiger partial charge on any atom is -0.466 e. The van der Waals surface area contributed by atoms with E-state index in [0.717, 1.165) is 6.07 Å². The summed E-state index contributed by atoms with van der Waals surface area (Å²) in [5.41, 5.74) is -0.711. The third kappa shape index (κ3) is 6.81. The van der Waals surface area contributed by atoms with Crippen LogP contribution in [-0.4, -0.2) is 60.1 Å². The summed E-state index contributed by atoms with van der Waals surface area (Å²) in [6, 6.07) is 2.66. The predicted octanol–water partition coefficient (Wildman–Crippen LogP) is 2.33. The largest absolute Gasteiger partial charge is 0.466 e. The number of carbonyl (C=O) groups is 4. The Bertz CT molecular complexity index is 873. The molecule has 1 saturated heterocycles. The maximum atomic E-state index is 13.5. The number of benzene rings is 1. The summed E-state index contributed by atoms with van der Waals surface area (Å²) in [5.74, 6) is -4.37. The first-order chi connectivity index (χ1) is 14.4. The van der Waals surface area contributed by atoms with Crippen LogP contribution < -0.4 is 10.6 Å². The molecule has 0 radical (unpaired) electrons. The summed E-state index contributed by atoms with van der Waals surface area (Å²) in [6.07, 6.45) is -0.653. The van der Waals surface area contributed by atoms with Crippen LogP contribution in [0.4, 0.5) is 14.9 Å². The molecule has 9 nitrogen and oxygen atoms in total. The SMILES string of the molecule is CCOC(=O)[C@@H]1CN(C(=O)OC(C)(C)C)C[C@@H]1NC(=O)C(=O)Nc1ccc(Cl)c(F)c1. The zero-order valence-electron chi connectivity index (χ0n) is 17.7. The van der Waals surface area contributed by atoms with Gasteiger partial charge in [-0.2, -0.15) is 0 Å². The van der Waals surface area contributed by atoms with Crippen LogP contribution in [0.15, 0.2) is 18.2 Å². The van der Waals surface area contributed by atoms with E-state index in [9.17, 15) is 23.6 Å². The van der Waals surface area contributed by atoms with Crippen LogP contribution in [0.5, 0.6) is 0 Å². The molecule has 3 amide bonds. The van der Waals surface area contributed by atoms with Gasteiger partial charge in [0, 0.05) is 18.8 Å². The van der Waals surface area contributed by atoms with Crippen LogP contribution in [-0.2, 0) is 23.9 Å². The summed E-state index contributed by atoms with van der Waals surface area (Å²) in [7, 11) is 0. The van der Waals surface area contributed by atoms with Crippen molar-refractivity contribution in [2.45, 2.75) is 39.3 Å². The Morgan fingerprint density at radius 2 is 1.87 bits per heavy atom. The van der Waals surface area contributed by atoms with Gasteiger partial charge < -0.3 is 25.0 Å². The summed E-state index contributed by atoms with van der Waals surface area (Å²) >= 11 is 5.59. The van der Waals surface area contributed by atoms with Crippen LogP contribution in [0.2, 0.25) is 5.02 Å². The second-order valence-electron chi connectivity index (χ2n) is 7.91. The van der Waals surface area contributed by atoms with Gasteiger partial charge in [-0.25, -0.2) is 9.18 Å². The molecular weight excluding hydrogens is 433 g/mol. The van der Waals surface area contributed by atoms with Gasteiger partial charge in [-0.05, 0) is 45.9 Å². The van der Waals surface area contributed by atoms with Gasteiger partial charge in [0.1, 0.15) is 11.4 Å². The minimum absolute atomic E-state index is 0.0331. The fourth-order valence-corrected chi connectivity index (χ4v) is 3.03. The van der Waals surface area contributed by atoms with E-state index in [2.05, 4.69) is 10.6 Å². The van der Waals surface area contributed by atoms with Gasteiger partial charge in [0.05, 0.1) is 23.6 Å². The lowest BCUT2D eigenvalue weighted by molar-refractivity contribution is -0.148. The summed E-state index contributed by atoms with van der Waals surface area (Å²) in [4.78, 5) is 50.5. The van der Waals surface area contributed by atoms with Gasteiger partial charge in [-0.1, -0.05) is 11.6 Å². The molecule has 1 aliphatic heterocycles. The molecule has 11 heteroatoms. The van der Waals surface area contributed by atoms with E-state index < -0.39 is 47.3 Å². The van der Waals surface area contributed by atoms with E-state index in [1.165, 1.54) is 17.0 Å². The molecule has 2 atom stereocenters. The summed E-state index contributed by atoms with van der Waals surface area (Å²) in [6.45, 7) is 6.76. The molecule has 1 aliphatic rings. The Labute approximate surface area is 184 Å². The lowest BCUT2D eigenvalue weighted by atomic mass is 10.0. The van der Waals surface area contributed by atoms with Gasteiger partial charge in [0.2, 0.25) is 0 Å². The lowest BCUT2D eigenvalue weighted by Crippen LogP contribution is -2.47. The monoisotopic (exact) mass is 457 g/mol. The van der Waals surface area contributed by atoms with Crippen LogP contribution >= 0.6 is 11.6 Å². The highest BCUT2D eigenvalue weighted by Gasteiger charge is 2.43. The standard InChI is InChI=1S/C20H25ClFN3O6/c1-5-30-18(28)12-9-25(19(29)31-20(2,3)4)10-15(12)24-17(27)16(26)23-11-6-7-13(21)14(22)8-11/h6-8,12,15H,5,9-10H2,1-4H3,(H,23,26)(H,24,27)/t12-,15+/m1/s1. The van der Waals surface area contributed by atoms with E-state index in [4.69, 9.17) is 21.1 Å². The molecule has 0 spiro atoms. The molecule has 0 unspecified atom stereocenters. The molecule has 170 valence electrons. The van der Waals surface area contributed by atoms with Gasteiger partial charge in [0.25, 0.3) is 0 Å². The number of likely N-dealkylation sites (tertiary alicyclic amines) is 1. The van der Waals surface area contributed by atoms with Gasteiger partial charge in [-0.3, -0.25) is 14.4 Å². The van der Waals surface area contributed by atoms with Crippen molar-refractivity contribution in [2.75, 3.05) is 25.0 Å². The number of amides is 3. The number of anilines is 1. The maximum absolute atomic E-state index is 13.5. The Balaban J connectivity index is 2.08. The van der Waals surface area contributed by atoms with Gasteiger partial charge in [0.15, 0.2) is 0 Å². The van der Waals surface area contributed by atoms with Crippen molar-refractivity contribution in [3.8, 4) is 0 Å².